The van der Waals surface area contributed by atoms with Gasteiger partial charge in [-0.25, -0.2) is 12.8 Å². The Balaban J connectivity index is 2.21. The fourth-order valence-electron chi connectivity index (χ4n) is 2.13. The summed E-state index contributed by atoms with van der Waals surface area (Å²) in [5, 5.41) is 1.17. The number of rotatable bonds is 6. The number of ether oxygens (including phenoxy) is 2. The van der Waals surface area contributed by atoms with E-state index in [9.17, 15) is 17.6 Å². The van der Waals surface area contributed by atoms with Gasteiger partial charge >= 0.3 is 0 Å². The Bertz CT molecular complexity index is 865. The first kappa shape index (κ1) is 18.7. The lowest BCUT2D eigenvalue weighted by Gasteiger charge is -2.15. The molecule has 0 aliphatic rings. The molecule has 1 unspecified atom stereocenters. The van der Waals surface area contributed by atoms with E-state index in [1.807, 2.05) is 0 Å². The molecule has 0 fully saturated rings. The zero-order valence-corrected chi connectivity index (χ0v) is 14.8. The number of anilines is 1. The van der Waals surface area contributed by atoms with Crippen molar-refractivity contribution in [3.63, 3.8) is 0 Å². The highest BCUT2D eigenvalue weighted by molar-refractivity contribution is 7.92. The summed E-state index contributed by atoms with van der Waals surface area (Å²) in [5.41, 5.74) is 0.365. The van der Waals surface area contributed by atoms with Crippen LogP contribution < -0.4 is 14.8 Å². The summed E-state index contributed by atoms with van der Waals surface area (Å²) < 4.78 is 48.1. The van der Waals surface area contributed by atoms with Gasteiger partial charge in [0.2, 0.25) is 5.91 Å². The van der Waals surface area contributed by atoms with Crippen LogP contribution in [0.1, 0.15) is 6.92 Å². The second-order valence-electron chi connectivity index (χ2n) is 5.20. The number of amides is 1. The lowest BCUT2D eigenvalue weighted by atomic mass is 10.2. The molecule has 2 rings (SSSR count). The Labute approximate surface area is 145 Å². The molecule has 1 N–H and O–H groups in total. The molecule has 0 bridgehead atoms. The molecule has 0 radical (unpaired) electrons. The van der Waals surface area contributed by atoms with Gasteiger partial charge < -0.3 is 14.8 Å². The first-order valence-electron chi connectivity index (χ1n) is 7.32. The van der Waals surface area contributed by atoms with E-state index in [0.29, 0.717) is 17.2 Å². The van der Waals surface area contributed by atoms with Crippen LogP contribution in [0.5, 0.6) is 11.5 Å². The summed E-state index contributed by atoms with van der Waals surface area (Å²) in [4.78, 5) is 12.2. The van der Waals surface area contributed by atoms with Crippen molar-refractivity contribution in [3.8, 4) is 11.5 Å². The van der Waals surface area contributed by atoms with Crippen molar-refractivity contribution in [2.75, 3.05) is 19.5 Å². The molecule has 8 heteroatoms. The average Bonchev–Trinajstić information content (AvgIpc) is 2.61. The highest BCUT2D eigenvalue weighted by Crippen LogP contribution is 2.30. The van der Waals surface area contributed by atoms with E-state index in [-0.39, 0.29) is 4.90 Å². The van der Waals surface area contributed by atoms with Crippen molar-refractivity contribution in [1.82, 2.24) is 0 Å². The van der Waals surface area contributed by atoms with Gasteiger partial charge in [-0.2, -0.15) is 0 Å². The van der Waals surface area contributed by atoms with Crippen LogP contribution in [0.2, 0.25) is 0 Å². The van der Waals surface area contributed by atoms with Crippen LogP contribution in [0.4, 0.5) is 10.1 Å². The largest absolute Gasteiger partial charge is 0.493 e. The molecule has 134 valence electrons. The lowest BCUT2D eigenvalue weighted by Crippen LogP contribution is -2.32. The Morgan fingerprint density at radius 2 is 1.64 bits per heavy atom. The van der Waals surface area contributed by atoms with Crippen LogP contribution in [-0.4, -0.2) is 33.8 Å². The van der Waals surface area contributed by atoms with Gasteiger partial charge in [-0.1, -0.05) is 0 Å². The Morgan fingerprint density at radius 1 is 1.04 bits per heavy atom. The van der Waals surface area contributed by atoms with Crippen molar-refractivity contribution < 1.29 is 27.1 Å². The van der Waals surface area contributed by atoms with E-state index in [2.05, 4.69) is 5.32 Å². The third-order valence-electron chi connectivity index (χ3n) is 3.63. The predicted molar refractivity (Wildman–Crippen MR) is 91.2 cm³/mol. The van der Waals surface area contributed by atoms with Gasteiger partial charge in [0.05, 0.1) is 19.1 Å². The van der Waals surface area contributed by atoms with Crippen molar-refractivity contribution in [3.05, 3.63) is 48.3 Å². The zero-order valence-electron chi connectivity index (χ0n) is 13.9. The highest BCUT2D eigenvalue weighted by atomic mass is 32.2. The zero-order chi connectivity index (χ0) is 18.6. The molecule has 0 aliphatic carbocycles. The molecule has 0 aromatic heterocycles. The average molecular weight is 367 g/mol. The summed E-state index contributed by atoms with van der Waals surface area (Å²) in [5.74, 6) is -0.389. The number of hydrogen-bond acceptors (Lipinski definition) is 5. The Kier molecular flexibility index (Phi) is 5.63. The summed E-state index contributed by atoms with van der Waals surface area (Å²) in [6.07, 6.45) is 0. The summed E-state index contributed by atoms with van der Waals surface area (Å²) in [6, 6.07) is 9.01. The normalized spacial score (nSPS) is 12.3. The number of sulfone groups is 1. The van der Waals surface area contributed by atoms with Crippen molar-refractivity contribution >= 4 is 21.4 Å². The summed E-state index contributed by atoms with van der Waals surface area (Å²) in [7, 11) is -1.01. The van der Waals surface area contributed by atoms with Gasteiger partial charge in [-0.05, 0) is 43.3 Å². The first-order chi connectivity index (χ1) is 11.8. The van der Waals surface area contributed by atoms with Gasteiger partial charge in [0.25, 0.3) is 0 Å². The van der Waals surface area contributed by atoms with Crippen LogP contribution in [0.3, 0.4) is 0 Å². The molecule has 0 saturated carbocycles. The SMILES string of the molecule is COc1ccc(NC(=O)C(C)S(=O)(=O)c2ccc(F)cc2)cc1OC. The first-order valence-corrected chi connectivity index (χ1v) is 8.86. The smallest absolute Gasteiger partial charge is 0.242 e. The van der Waals surface area contributed by atoms with Crippen LogP contribution in [0.25, 0.3) is 0 Å². The molecule has 1 atom stereocenters. The lowest BCUT2D eigenvalue weighted by molar-refractivity contribution is -0.115. The summed E-state index contributed by atoms with van der Waals surface area (Å²) >= 11 is 0. The van der Waals surface area contributed by atoms with E-state index in [0.717, 1.165) is 24.3 Å². The van der Waals surface area contributed by atoms with E-state index in [4.69, 9.17) is 9.47 Å². The predicted octanol–water partition coefficient (Wildman–Crippen LogP) is 2.64. The Hall–Kier alpha value is -2.61. The Morgan fingerprint density at radius 3 is 2.20 bits per heavy atom. The third-order valence-corrected chi connectivity index (χ3v) is 5.70. The van der Waals surface area contributed by atoms with E-state index in [1.54, 1.807) is 12.1 Å². The molecular formula is C17H18FNO5S. The number of carbonyl (C=O) groups excluding carboxylic acids is 1. The molecular weight excluding hydrogens is 349 g/mol. The molecule has 25 heavy (non-hydrogen) atoms. The monoisotopic (exact) mass is 367 g/mol. The van der Waals surface area contributed by atoms with Gasteiger partial charge in [-0.15, -0.1) is 0 Å². The minimum absolute atomic E-state index is 0.121. The van der Waals surface area contributed by atoms with E-state index >= 15 is 0 Å². The van der Waals surface area contributed by atoms with E-state index in [1.165, 1.54) is 27.2 Å². The number of carbonyl (C=O) groups is 1. The minimum Gasteiger partial charge on any atom is -0.493 e. The van der Waals surface area contributed by atoms with Gasteiger partial charge in [0.15, 0.2) is 21.3 Å². The maximum absolute atomic E-state index is 13.0. The number of methoxy groups -OCH3 is 2. The minimum atomic E-state index is -3.94. The van der Waals surface area contributed by atoms with Crippen molar-refractivity contribution in [2.45, 2.75) is 17.1 Å². The number of halogens is 1. The quantitative estimate of drug-likeness (QED) is 0.794. The molecule has 2 aromatic rings. The maximum Gasteiger partial charge on any atom is 0.242 e. The molecule has 1 amide bonds. The molecule has 6 nitrogen and oxygen atoms in total. The number of benzene rings is 2. The fourth-order valence-corrected chi connectivity index (χ4v) is 3.39. The summed E-state index contributed by atoms with van der Waals surface area (Å²) in [6.45, 7) is 1.27. The fraction of sp³-hybridized carbons (Fsp3) is 0.235. The molecule has 0 spiro atoms. The highest BCUT2D eigenvalue weighted by Gasteiger charge is 2.30. The molecule has 2 aromatic carbocycles. The topological polar surface area (TPSA) is 81.7 Å². The van der Waals surface area contributed by atoms with Crippen LogP contribution in [-0.2, 0) is 14.6 Å². The van der Waals surface area contributed by atoms with Gasteiger partial charge in [0, 0.05) is 11.8 Å². The van der Waals surface area contributed by atoms with E-state index < -0.39 is 26.8 Å². The van der Waals surface area contributed by atoms with Crippen LogP contribution >= 0.6 is 0 Å². The van der Waals surface area contributed by atoms with Gasteiger partial charge in [0.1, 0.15) is 11.1 Å². The second kappa shape index (κ2) is 7.52. The van der Waals surface area contributed by atoms with Gasteiger partial charge in [-0.3, -0.25) is 4.79 Å². The number of hydrogen-bond donors (Lipinski definition) is 1. The van der Waals surface area contributed by atoms with Crippen LogP contribution in [0, 0.1) is 5.82 Å². The molecule has 0 saturated heterocycles. The van der Waals surface area contributed by atoms with Crippen molar-refractivity contribution in [1.29, 1.82) is 0 Å². The number of nitrogens with one attached hydrogen (secondary N) is 1. The van der Waals surface area contributed by atoms with Crippen molar-refractivity contribution in [2.24, 2.45) is 0 Å². The maximum atomic E-state index is 13.0. The standard InChI is InChI=1S/C17H18FNO5S/c1-11(25(21,22)14-7-4-12(18)5-8-14)17(20)19-13-6-9-15(23-2)16(10-13)24-3/h4-11H,1-3H3,(H,19,20). The third kappa shape index (κ3) is 4.08. The molecule has 0 heterocycles. The molecule has 0 aliphatic heterocycles. The van der Waals surface area contributed by atoms with Crippen LogP contribution in [0.15, 0.2) is 47.4 Å². The second-order valence-corrected chi connectivity index (χ2v) is 7.47.